The van der Waals surface area contributed by atoms with Gasteiger partial charge in [-0.05, 0) is 35.6 Å². The van der Waals surface area contributed by atoms with Crippen LogP contribution in [-0.4, -0.2) is 45.8 Å². The molecule has 4 rings (SSSR count). The maximum Gasteiger partial charge on any atom is 0.280 e. The molecule has 1 unspecified atom stereocenters. The first kappa shape index (κ1) is 21.6. The maximum absolute atomic E-state index is 11.6. The first-order valence-electron chi connectivity index (χ1n) is 10.5. The number of aliphatic hydroxyl groups excluding tert-OH is 1. The topological polar surface area (TPSA) is 88.6 Å². The zero-order valence-corrected chi connectivity index (χ0v) is 18.1. The van der Waals surface area contributed by atoms with E-state index < -0.39 is 5.91 Å². The van der Waals surface area contributed by atoms with Gasteiger partial charge in [0.15, 0.2) is 0 Å². The van der Waals surface area contributed by atoms with Gasteiger partial charge in [-0.1, -0.05) is 48.5 Å². The number of hydrogen-bond acceptors (Lipinski definition) is 5. The van der Waals surface area contributed by atoms with Gasteiger partial charge in [-0.2, -0.15) is 0 Å². The Kier molecular flexibility index (Phi) is 7.09. The van der Waals surface area contributed by atoms with Crippen LogP contribution in [0.4, 0.5) is 0 Å². The van der Waals surface area contributed by atoms with E-state index in [1.165, 1.54) is 33.8 Å². The molecule has 0 saturated heterocycles. The van der Waals surface area contributed by atoms with Crippen molar-refractivity contribution in [2.24, 2.45) is 0 Å². The molecule has 0 fully saturated rings. The van der Waals surface area contributed by atoms with E-state index in [0.717, 1.165) is 31.4 Å². The summed E-state index contributed by atoms with van der Waals surface area (Å²) in [5, 5.41) is 19.8. The molecule has 3 aromatic rings. The maximum atomic E-state index is 11.6. The second-order valence-electron chi connectivity index (χ2n) is 7.71. The molecular weight excluding hydrogens is 410 g/mol. The highest BCUT2D eigenvalue weighted by atomic mass is 32.2. The second-order valence-corrected chi connectivity index (χ2v) is 8.95. The number of aromatic nitrogens is 1. The summed E-state index contributed by atoms with van der Waals surface area (Å²) in [5.41, 5.74) is 6.50. The summed E-state index contributed by atoms with van der Waals surface area (Å²) in [6, 6.07) is 16.7. The number of nitrogens with zero attached hydrogens (tertiary/aromatic N) is 1. The van der Waals surface area contributed by atoms with Crippen molar-refractivity contribution >= 4 is 28.6 Å². The first-order chi connectivity index (χ1) is 15.2. The van der Waals surface area contributed by atoms with Crippen molar-refractivity contribution in [2.75, 3.05) is 19.7 Å². The van der Waals surface area contributed by atoms with Gasteiger partial charge in [0.2, 0.25) is 0 Å². The fourth-order valence-electron chi connectivity index (χ4n) is 4.05. The van der Waals surface area contributed by atoms with Crippen molar-refractivity contribution in [2.45, 2.75) is 24.6 Å². The average molecular weight is 438 g/mol. The predicted molar refractivity (Wildman–Crippen MR) is 124 cm³/mol. The van der Waals surface area contributed by atoms with Crippen LogP contribution in [0.25, 0.3) is 10.9 Å². The lowest BCUT2D eigenvalue weighted by atomic mass is 10.0. The number of rotatable bonds is 9. The van der Waals surface area contributed by atoms with Crippen LogP contribution in [0.15, 0.2) is 65.7 Å². The number of aromatic amines is 1. The summed E-state index contributed by atoms with van der Waals surface area (Å²) in [5.74, 6) is -0.449. The van der Waals surface area contributed by atoms with Gasteiger partial charge >= 0.3 is 0 Å². The molecule has 4 N–H and O–H groups in total. The third kappa shape index (κ3) is 5.19. The minimum atomic E-state index is -0.449. The highest BCUT2D eigenvalue weighted by Crippen LogP contribution is 2.43. The third-order valence-electron chi connectivity index (χ3n) is 5.63. The van der Waals surface area contributed by atoms with Crippen LogP contribution in [0.5, 0.6) is 0 Å². The zero-order chi connectivity index (χ0) is 21.6. The van der Waals surface area contributed by atoms with Crippen LogP contribution in [0.1, 0.15) is 28.4 Å². The molecule has 0 aliphatic carbocycles. The highest BCUT2D eigenvalue weighted by molar-refractivity contribution is 8.04. The quantitative estimate of drug-likeness (QED) is 0.302. The Balaban J connectivity index is 1.40. The fourth-order valence-corrected chi connectivity index (χ4v) is 5.17. The van der Waals surface area contributed by atoms with Gasteiger partial charge in [0, 0.05) is 42.0 Å². The number of para-hydroxylation sites is 1. The molecule has 1 amide bonds. The number of nitrogens with one attached hydrogen (secondary N) is 2. The molecule has 1 aliphatic rings. The number of aliphatic hydroxyl groups is 1. The predicted octanol–water partition coefficient (Wildman–Crippen LogP) is 3.77. The van der Waals surface area contributed by atoms with E-state index in [0.29, 0.717) is 11.4 Å². The van der Waals surface area contributed by atoms with Crippen LogP contribution < -0.4 is 5.48 Å². The molecule has 0 bridgehead atoms. The van der Waals surface area contributed by atoms with Gasteiger partial charge in [0.1, 0.15) is 0 Å². The van der Waals surface area contributed by atoms with Crippen molar-refractivity contribution in [3.05, 3.63) is 82.4 Å². The Morgan fingerprint density at radius 3 is 2.90 bits per heavy atom. The van der Waals surface area contributed by atoms with E-state index in [-0.39, 0.29) is 11.9 Å². The minimum Gasteiger partial charge on any atom is -0.395 e. The van der Waals surface area contributed by atoms with Crippen molar-refractivity contribution in [3.63, 3.8) is 0 Å². The van der Waals surface area contributed by atoms with Gasteiger partial charge in [-0.3, -0.25) is 14.9 Å². The molecule has 2 heterocycles. The van der Waals surface area contributed by atoms with Gasteiger partial charge in [0.25, 0.3) is 5.91 Å². The molecule has 0 radical (unpaired) electrons. The largest absolute Gasteiger partial charge is 0.395 e. The lowest BCUT2D eigenvalue weighted by molar-refractivity contribution is -0.124. The summed E-state index contributed by atoms with van der Waals surface area (Å²) in [7, 11) is 0. The smallest absolute Gasteiger partial charge is 0.280 e. The molecule has 162 valence electrons. The number of thioether (sulfide) groups is 1. The van der Waals surface area contributed by atoms with Crippen LogP contribution in [0, 0.1) is 0 Å². The van der Waals surface area contributed by atoms with Crippen LogP contribution in [0.3, 0.4) is 0 Å². The molecule has 1 aliphatic heterocycles. The van der Waals surface area contributed by atoms with Gasteiger partial charge in [-0.25, -0.2) is 5.48 Å². The molecule has 1 atom stereocenters. The Bertz CT molecular complexity index is 1080. The summed E-state index contributed by atoms with van der Waals surface area (Å²) in [6.45, 7) is 2.35. The monoisotopic (exact) mass is 437 g/mol. The molecule has 2 aromatic carbocycles. The van der Waals surface area contributed by atoms with Crippen LogP contribution in [0.2, 0.25) is 0 Å². The summed E-state index contributed by atoms with van der Waals surface area (Å²) in [4.78, 5) is 17.8. The van der Waals surface area contributed by atoms with Crippen molar-refractivity contribution < 1.29 is 15.1 Å². The lowest BCUT2D eigenvalue weighted by Gasteiger charge is -2.22. The molecule has 7 heteroatoms. The van der Waals surface area contributed by atoms with Crippen LogP contribution in [-0.2, 0) is 17.8 Å². The van der Waals surface area contributed by atoms with Crippen molar-refractivity contribution in [3.8, 4) is 0 Å². The van der Waals surface area contributed by atoms with E-state index in [1.54, 1.807) is 5.48 Å². The number of hydroxylamine groups is 1. The first-order valence-corrected chi connectivity index (χ1v) is 11.3. The van der Waals surface area contributed by atoms with Gasteiger partial charge < -0.3 is 10.1 Å². The number of benzene rings is 2. The molecule has 0 spiro atoms. The third-order valence-corrected chi connectivity index (χ3v) is 6.98. The summed E-state index contributed by atoms with van der Waals surface area (Å²) >= 11 is 1.48. The lowest BCUT2D eigenvalue weighted by Crippen LogP contribution is -2.28. The van der Waals surface area contributed by atoms with E-state index in [1.807, 2.05) is 18.2 Å². The zero-order valence-electron chi connectivity index (χ0n) is 17.3. The summed E-state index contributed by atoms with van der Waals surface area (Å²) < 4.78 is 0. The molecular formula is C24H27N3O3S. The Hall–Kier alpha value is -2.58. The second kappa shape index (κ2) is 10.2. The Morgan fingerprint density at radius 2 is 2.06 bits per heavy atom. The van der Waals surface area contributed by atoms with Gasteiger partial charge in [0.05, 0.1) is 11.5 Å². The average Bonchev–Trinajstić information content (AvgIpc) is 3.45. The number of carbonyl (C=O) groups is 1. The van der Waals surface area contributed by atoms with E-state index >= 15 is 0 Å². The number of allylic oxidation sites excluding steroid dienone is 1. The van der Waals surface area contributed by atoms with Crippen molar-refractivity contribution in [1.82, 2.24) is 15.4 Å². The number of carbonyl (C=O) groups excluding carboxylic acids is 1. The minimum absolute atomic E-state index is 0.121. The Labute approximate surface area is 185 Å². The Morgan fingerprint density at radius 1 is 1.19 bits per heavy atom. The highest BCUT2D eigenvalue weighted by Gasteiger charge is 2.24. The fraction of sp³-hybridized carbons (Fsp3) is 0.292. The SMILES string of the molecule is O=C(NO)C1=CCC(c2cccc(CN(CCO)CCc3c[nH]c4ccccc34)c2)S1. The van der Waals surface area contributed by atoms with E-state index in [9.17, 15) is 9.90 Å². The van der Waals surface area contributed by atoms with Crippen LogP contribution >= 0.6 is 11.8 Å². The van der Waals surface area contributed by atoms with E-state index in [2.05, 4.69) is 52.5 Å². The molecule has 0 saturated carbocycles. The molecule has 1 aromatic heterocycles. The standard InChI is InChI=1S/C24H27N3O3S/c28-13-12-27(11-10-19-15-25-21-7-2-1-6-20(19)21)16-17-4-3-5-18(14-17)22-8-9-23(31-22)24(29)26-30/h1-7,9,14-15,22,25,28,30H,8,10-13,16H2,(H,26,29). The van der Waals surface area contributed by atoms with Gasteiger partial charge in [-0.15, -0.1) is 11.8 Å². The normalized spacial score (nSPS) is 16.1. The van der Waals surface area contributed by atoms with E-state index in [4.69, 9.17) is 5.21 Å². The number of amides is 1. The number of fused-ring (bicyclic) bond motifs is 1. The van der Waals surface area contributed by atoms with Crippen molar-refractivity contribution in [1.29, 1.82) is 0 Å². The molecule has 6 nitrogen and oxygen atoms in total. The number of H-pyrrole nitrogens is 1. The number of hydrogen-bond donors (Lipinski definition) is 4. The molecule has 31 heavy (non-hydrogen) atoms. The summed E-state index contributed by atoms with van der Waals surface area (Å²) in [6.07, 6.45) is 5.61.